The van der Waals surface area contributed by atoms with E-state index in [4.69, 9.17) is 23.2 Å². The summed E-state index contributed by atoms with van der Waals surface area (Å²) in [5.41, 5.74) is 1.42. The zero-order valence-electron chi connectivity index (χ0n) is 12.9. The lowest BCUT2D eigenvalue weighted by molar-refractivity contribution is 0.0942. The number of amides is 1. The first kappa shape index (κ1) is 17.6. The highest BCUT2D eigenvalue weighted by molar-refractivity contribution is 6.37. The molecule has 23 heavy (non-hydrogen) atoms. The standard InChI is InChI=1S/C17H18Cl2N2O2/c1-21(2)15(11-6-4-3-5-7-11)10-20-17(23)12-8-13(18)16(22)14(19)9-12/h3-9,15,22H,10H2,1-2H3,(H,20,23)/t15-/m1/s1. The van der Waals surface area contributed by atoms with Crippen LogP contribution in [0.4, 0.5) is 0 Å². The van der Waals surface area contributed by atoms with Gasteiger partial charge in [0.25, 0.3) is 5.91 Å². The van der Waals surface area contributed by atoms with Crippen molar-refractivity contribution in [1.29, 1.82) is 0 Å². The number of benzene rings is 2. The third-order valence-corrected chi connectivity index (χ3v) is 4.12. The molecule has 0 radical (unpaired) electrons. The largest absolute Gasteiger partial charge is 0.505 e. The molecule has 0 spiro atoms. The van der Waals surface area contributed by atoms with Crippen LogP contribution in [0.25, 0.3) is 0 Å². The third kappa shape index (κ3) is 4.38. The Bertz CT molecular complexity index is 667. The summed E-state index contributed by atoms with van der Waals surface area (Å²) >= 11 is 11.7. The summed E-state index contributed by atoms with van der Waals surface area (Å²) < 4.78 is 0. The second kappa shape index (κ2) is 7.68. The molecule has 2 aromatic rings. The molecule has 0 aliphatic heterocycles. The van der Waals surface area contributed by atoms with Gasteiger partial charge in [-0.15, -0.1) is 0 Å². The van der Waals surface area contributed by atoms with E-state index in [9.17, 15) is 9.90 Å². The van der Waals surface area contributed by atoms with Gasteiger partial charge in [-0.1, -0.05) is 53.5 Å². The van der Waals surface area contributed by atoms with Gasteiger partial charge in [-0.2, -0.15) is 0 Å². The van der Waals surface area contributed by atoms with Crippen LogP contribution in [0.5, 0.6) is 5.75 Å². The average Bonchev–Trinajstić information content (AvgIpc) is 2.52. The lowest BCUT2D eigenvalue weighted by Crippen LogP contribution is -2.34. The number of aromatic hydroxyl groups is 1. The van der Waals surface area contributed by atoms with Crippen LogP contribution in [0, 0.1) is 0 Å². The maximum absolute atomic E-state index is 12.3. The topological polar surface area (TPSA) is 52.6 Å². The first-order chi connectivity index (χ1) is 10.9. The summed E-state index contributed by atoms with van der Waals surface area (Å²) in [5.74, 6) is -0.517. The van der Waals surface area contributed by atoms with Crippen LogP contribution in [-0.2, 0) is 0 Å². The van der Waals surface area contributed by atoms with Crippen molar-refractivity contribution >= 4 is 29.1 Å². The molecule has 0 aliphatic carbocycles. The van der Waals surface area contributed by atoms with Gasteiger partial charge in [-0.3, -0.25) is 4.79 Å². The summed E-state index contributed by atoms with van der Waals surface area (Å²) in [6, 6.07) is 12.8. The molecule has 0 aromatic heterocycles. The van der Waals surface area contributed by atoms with Crippen LogP contribution in [0.1, 0.15) is 22.0 Å². The zero-order valence-corrected chi connectivity index (χ0v) is 14.4. The molecular weight excluding hydrogens is 335 g/mol. The van der Waals surface area contributed by atoms with E-state index in [-0.39, 0.29) is 27.7 Å². The Hall–Kier alpha value is -1.75. The molecule has 0 heterocycles. The van der Waals surface area contributed by atoms with Gasteiger partial charge < -0.3 is 15.3 Å². The van der Waals surface area contributed by atoms with Crippen molar-refractivity contribution in [2.75, 3.05) is 20.6 Å². The first-order valence-electron chi connectivity index (χ1n) is 7.07. The fourth-order valence-electron chi connectivity index (χ4n) is 2.26. The van der Waals surface area contributed by atoms with Crippen molar-refractivity contribution < 1.29 is 9.90 Å². The molecule has 1 amide bonds. The van der Waals surface area contributed by atoms with Crippen LogP contribution < -0.4 is 5.32 Å². The Morgan fingerprint density at radius 1 is 1.17 bits per heavy atom. The van der Waals surface area contributed by atoms with Gasteiger partial charge in [-0.25, -0.2) is 0 Å². The van der Waals surface area contributed by atoms with Crippen LogP contribution in [0.3, 0.4) is 0 Å². The van der Waals surface area contributed by atoms with Crippen LogP contribution >= 0.6 is 23.2 Å². The Morgan fingerprint density at radius 2 is 1.74 bits per heavy atom. The second-order valence-corrected chi connectivity index (χ2v) is 6.20. The van der Waals surface area contributed by atoms with E-state index in [2.05, 4.69) is 5.32 Å². The van der Waals surface area contributed by atoms with E-state index in [0.29, 0.717) is 12.1 Å². The van der Waals surface area contributed by atoms with E-state index in [1.54, 1.807) is 0 Å². The van der Waals surface area contributed by atoms with E-state index >= 15 is 0 Å². The lowest BCUT2D eigenvalue weighted by Gasteiger charge is -2.25. The van der Waals surface area contributed by atoms with E-state index in [1.165, 1.54) is 12.1 Å². The minimum Gasteiger partial charge on any atom is -0.505 e. The molecule has 2 N–H and O–H groups in total. The predicted molar refractivity (Wildman–Crippen MR) is 93.3 cm³/mol. The molecule has 0 saturated carbocycles. The predicted octanol–water partition coefficient (Wildman–Crippen LogP) is 3.73. The third-order valence-electron chi connectivity index (χ3n) is 3.54. The van der Waals surface area contributed by atoms with Crippen molar-refractivity contribution in [2.45, 2.75) is 6.04 Å². The van der Waals surface area contributed by atoms with E-state index in [0.717, 1.165) is 5.56 Å². The highest BCUT2D eigenvalue weighted by Crippen LogP contribution is 2.32. The van der Waals surface area contributed by atoms with Crippen molar-refractivity contribution in [2.24, 2.45) is 0 Å². The molecule has 0 aliphatic rings. The van der Waals surface area contributed by atoms with Gasteiger partial charge in [0.05, 0.1) is 16.1 Å². The number of likely N-dealkylation sites (N-methyl/N-ethyl adjacent to an activating group) is 1. The number of nitrogens with zero attached hydrogens (tertiary/aromatic N) is 1. The lowest BCUT2D eigenvalue weighted by atomic mass is 10.1. The number of nitrogens with one attached hydrogen (secondary N) is 1. The molecule has 2 aromatic carbocycles. The van der Waals surface area contributed by atoms with Gasteiger partial charge in [0.2, 0.25) is 0 Å². The van der Waals surface area contributed by atoms with Crippen molar-refractivity contribution in [3.63, 3.8) is 0 Å². The number of hydrogen-bond acceptors (Lipinski definition) is 3. The number of carbonyl (C=O) groups excluding carboxylic acids is 1. The molecule has 0 saturated heterocycles. The number of hydrogen-bond donors (Lipinski definition) is 2. The quantitative estimate of drug-likeness (QED) is 0.861. The Morgan fingerprint density at radius 3 is 2.26 bits per heavy atom. The summed E-state index contributed by atoms with van der Waals surface area (Å²) in [5, 5.41) is 12.5. The van der Waals surface area contributed by atoms with Crippen LogP contribution in [0.2, 0.25) is 10.0 Å². The highest BCUT2D eigenvalue weighted by Gasteiger charge is 2.17. The molecule has 1 atom stereocenters. The van der Waals surface area contributed by atoms with Gasteiger partial charge in [0.15, 0.2) is 5.75 Å². The molecule has 0 fully saturated rings. The smallest absolute Gasteiger partial charge is 0.251 e. The van der Waals surface area contributed by atoms with Gasteiger partial charge in [0, 0.05) is 12.1 Å². The summed E-state index contributed by atoms with van der Waals surface area (Å²) in [7, 11) is 3.91. The van der Waals surface area contributed by atoms with Crippen molar-refractivity contribution in [3.8, 4) is 5.75 Å². The molecule has 4 nitrogen and oxygen atoms in total. The van der Waals surface area contributed by atoms with Gasteiger partial charge >= 0.3 is 0 Å². The molecule has 0 unspecified atom stereocenters. The monoisotopic (exact) mass is 352 g/mol. The number of phenolic OH excluding ortho intramolecular Hbond substituents is 1. The molecular formula is C17H18Cl2N2O2. The Labute approximate surface area is 145 Å². The summed E-state index contributed by atoms with van der Waals surface area (Å²) in [6.07, 6.45) is 0. The van der Waals surface area contributed by atoms with Gasteiger partial charge in [-0.05, 0) is 31.8 Å². The zero-order chi connectivity index (χ0) is 17.0. The normalized spacial score (nSPS) is 12.2. The number of rotatable bonds is 5. The van der Waals surface area contributed by atoms with Crippen LogP contribution in [0.15, 0.2) is 42.5 Å². The minimum absolute atomic E-state index is 0.0446. The summed E-state index contributed by atoms with van der Waals surface area (Å²) in [4.78, 5) is 14.3. The van der Waals surface area contributed by atoms with E-state index in [1.807, 2.05) is 49.3 Å². The summed E-state index contributed by atoms with van der Waals surface area (Å²) in [6.45, 7) is 0.436. The Balaban J connectivity index is 2.11. The van der Waals surface area contributed by atoms with Crippen LogP contribution in [-0.4, -0.2) is 36.6 Å². The van der Waals surface area contributed by atoms with Gasteiger partial charge in [0.1, 0.15) is 0 Å². The fraction of sp³-hybridized carbons (Fsp3) is 0.235. The molecule has 0 bridgehead atoms. The maximum Gasteiger partial charge on any atom is 0.251 e. The minimum atomic E-state index is -0.295. The second-order valence-electron chi connectivity index (χ2n) is 5.39. The Kier molecular flexibility index (Phi) is 5.88. The first-order valence-corrected chi connectivity index (χ1v) is 7.83. The maximum atomic E-state index is 12.3. The number of halogens is 2. The molecule has 6 heteroatoms. The SMILES string of the molecule is CN(C)[C@H](CNC(=O)c1cc(Cl)c(O)c(Cl)c1)c1ccccc1. The number of carbonyl (C=O) groups is 1. The van der Waals surface area contributed by atoms with Crippen molar-refractivity contribution in [1.82, 2.24) is 10.2 Å². The van der Waals surface area contributed by atoms with Crippen molar-refractivity contribution in [3.05, 3.63) is 63.6 Å². The molecule has 2 rings (SSSR count). The molecule has 122 valence electrons. The van der Waals surface area contributed by atoms with E-state index < -0.39 is 0 Å². The highest BCUT2D eigenvalue weighted by atomic mass is 35.5. The number of phenols is 1. The fourth-order valence-corrected chi connectivity index (χ4v) is 2.75. The average molecular weight is 353 g/mol.